The number of aromatic nitrogens is 1. The molecule has 2 aromatic rings. The second kappa shape index (κ2) is 5.75. The minimum Gasteiger partial charge on any atom is -0.465 e. The lowest BCUT2D eigenvalue weighted by Gasteiger charge is -2.03. The summed E-state index contributed by atoms with van der Waals surface area (Å²) < 4.78 is 0.930. The quantitative estimate of drug-likeness (QED) is 0.647. The Bertz CT molecular complexity index is 624. The van der Waals surface area contributed by atoms with Crippen LogP contribution in [0.15, 0.2) is 28.7 Å². The van der Waals surface area contributed by atoms with Crippen molar-refractivity contribution in [2.45, 2.75) is 0 Å². The predicted octanol–water partition coefficient (Wildman–Crippen LogP) is 1.93. The molecule has 1 aromatic heterocycles. The van der Waals surface area contributed by atoms with Crippen molar-refractivity contribution in [3.8, 4) is 0 Å². The number of nitrogens with one attached hydrogen (secondary N) is 3. The average molecular weight is 326 g/mol. The molecule has 0 atom stereocenters. The number of carbonyl (C=O) groups is 2. The molecule has 0 saturated heterocycles. The Morgan fingerprint density at radius 2 is 1.95 bits per heavy atom. The highest BCUT2D eigenvalue weighted by Gasteiger charge is 2.09. The third kappa shape index (κ3) is 3.47. The van der Waals surface area contributed by atoms with Crippen molar-refractivity contribution in [3.05, 3.63) is 34.4 Å². The first-order valence-corrected chi connectivity index (χ1v) is 6.39. The van der Waals surface area contributed by atoms with Crippen LogP contribution in [0.3, 0.4) is 0 Å². The first-order valence-electron chi connectivity index (χ1n) is 5.59. The molecule has 0 radical (unpaired) electrons. The van der Waals surface area contributed by atoms with Gasteiger partial charge in [0.15, 0.2) is 0 Å². The molecule has 7 heteroatoms. The van der Waals surface area contributed by atoms with E-state index in [1.54, 1.807) is 6.07 Å². The van der Waals surface area contributed by atoms with E-state index in [1.807, 2.05) is 18.2 Å². The maximum Gasteiger partial charge on any atom is 0.404 e. The third-order valence-corrected chi connectivity index (χ3v) is 3.01. The Kier molecular flexibility index (Phi) is 4.06. The van der Waals surface area contributed by atoms with Crippen molar-refractivity contribution in [1.82, 2.24) is 15.6 Å². The number of rotatable bonds is 4. The van der Waals surface area contributed by atoms with Crippen LogP contribution in [0, 0.1) is 0 Å². The number of halogens is 1. The van der Waals surface area contributed by atoms with Crippen molar-refractivity contribution in [2.24, 2.45) is 0 Å². The number of aromatic amines is 1. The summed E-state index contributed by atoms with van der Waals surface area (Å²) in [4.78, 5) is 25.1. The van der Waals surface area contributed by atoms with E-state index in [1.165, 1.54) is 0 Å². The first kappa shape index (κ1) is 13.4. The molecule has 19 heavy (non-hydrogen) atoms. The molecule has 2 amide bonds. The van der Waals surface area contributed by atoms with Crippen LogP contribution >= 0.6 is 15.9 Å². The summed E-state index contributed by atoms with van der Waals surface area (Å²) in [6, 6.07) is 7.44. The zero-order valence-corrected chi connectivity index (χ0v) is 11.5. The maximum atomic E-state index is 11.8. The number of carbonyl (C=O) groups excluding carboxylic acids is 1. The fourth-order valence-electron chi connectivity index (χ4n) is 1.66. The Labute approximate surface area is 117 Å². The molecule has 6 nitrogen and oxygen atoms in total. The van der Waals surface area contributed by atoms with Gasteiger partial charge in [-0.05, 0) is 18.2 Å². The first-order chi connectivity index (χ1) is 9.06. The van der Waals surface area contributed by atoms with E-state index >= 15 is 0 Å². The summed E-state index contributed by atoms with van der Waals surface area (Å²) in [5, 5.41) is 14.1. The normalized spacial score (nSPS) is 10.4. The summed E-state index contributed by atoms with van der Waals surface area (Å²) >= 11 is 3.36. The SMILES string of the molecule is O=C(O)NCCNC(=O)c1cc2ccc(Br)cc2[nH]1. The molecule has 4 N–H and O–H groups in total. The summed E-state index contributed by atoms with van der Waals surface area (Å²) in [6.07, 6.45) is -1.11. The summed E-state index contributed by atoms with van der Waals surface area (Å²) in [6.45, 7) is 0.414. The van der Waals surface area contributed by atoms with Gasteiger partial charge in [-0.2, -0.15) is 0 Å². The third-order valence-electron chi connectivity index (χ3n) is 2.52. The van der Waals surface area contributed by atoms with Gasteiger partial charge in [-0.1, -0.05) is 22.0 Å². The monoisotopic (exact) mass is 325 g/mol. The topological polar surface area (TPSA) is 94.2 Å². The molecule has 1 aromatic carbocycles. The van der Waals surface area contributed by atoms with Crippen LogP contribution in [0.4, 0.5) is 4.79 Å². The van der Waals surface area contributed by atoms with E-state index in [9.17, 15) is 9.59 Å². The van der Waals surface area contributed by atoms with Gasteiger partial charge in [0, 0.05) is 28.5 Å². The Morgan fingerprint density at radius 3 is 2.68 bits per heavy atom. The Hall–Kier alpha value is -2.02. The van der Waals surface area contributed by atoms with E-state index in [2.05, 4.69) is 31.5 Å². The van der Waals surface area contributed by atoms with Crippen LogP contribution in [0.1, 0.15) is 10.5 Å². The van der Waals surface area contributed by atoms with Crippen molar-refractivity contribution in [2.75, 3.05) is 13.1 Å². The molecule has 0 aliphatic carbocycles. The van der Waals surface area contributed by atoms with Crippen LogP contribution in [-0.2, 0) is 0 Å². The fraction of sp³-hybridized carbons (Fsp3) is 0.167. The van der Waals surface area contributed by atoms with Crippen molar-refractivity contribution in [1.29, 1.82) is 0 Å². The van der Waals surface area contributed by atoms with Crippen molar-refractivity contribution >= 4 is 38.8 Å². The van der Waals surface area contributed by atoms with E-state index < -0.39 is 6.09 Å². The molecular formula is C12H12BrN3O3. The predicted molar refractivity (Wildman–Crippen MR) is 74.4 cm³/mol. The number of benzene rings is 1. The summed E-state index contributed by atoms with van der Waals surface area (Å²) in [7, 11) is 0. The highest BCUT2D eigenvalue weighted by molar-refractivity contribution is 9.10. The fourth-order valence-corrected chi connectivity index (χ4v) is 2.02. The van der Waals surface area contributed by atoms with Crippen LogP contribution in [-0.4, -0.2) is 35.2 Å². The van der Waals surface area contributed by atoms with Crippen molar-refractivity contribution in [3.63, 3.8) is 0 Å². The molecule has 0 aliphatic rings. The van der Waals surface area contributed by atoms with Gasteiger partial charge >= 0.3 is 6.09 Å². The molecular weight excluding hydrogens is 314 g/mol. The molecule has 2 rings (SSSR count). The minimum absolute atomic E-state index is 0.173. The molecule has 0 aliphatic heterocycles. The van der Waals surface area contributed by atoms with E-state index in [4.69, 9.17) is 5.11 Å². The van der Waals surface area contributed by atoms with Crippen LogP contribution in [0.2, 0.25) is 0 Å². The van der Waals surface area contributed by atoms with Gasteiger partial charge in [-0.15, -0.1) is 0 Å². The van der Waals surface area contributed by atoms with Gasteiger partial charge in [0.1, 0.15) is 5.69 Å². The van der Waals surface area contributed by atoms with Gasteiger partial charge in [-0.3, -0.25) is 4.79 Å². The number of carboxylic acid groups (broad SMARTS) is 1. The molecule has 100 valence electrons. The number of fused-ring (bicyclic) bond motifs is 1. The number of amides is 2. The standard InChI is InChI=1S/C12H12BrN3O3/c13-8-2-1-7-5-10(16-9(7)6-8)11(17)14-3-4-15-12(18)19/h1-2,5-6,15-16H,3-4H2,(H,14,17)(H,18,19). The smallest absolute Gasteiger partial charge is 0.404 e. The average Bonchev–Trinajstić information content (AvgIpc) is 2.77. The molecule has 0 saturated carbocycles. The second-order valence-electron chi connectivity index (χ2n) is 3.90. The highest BCUT2D eigenvalue weighted by Crippen LogP contribution is 2.20. The zero-order valence-electron chi connectivity index (χ0n) is 9.87. The largest absolute Gasteiger partial charge is 0.465 e. The number of H-pyrrole nitrogens is 1. The van der Waals surface area contributed by atoms with Crippen LogP contribution in [0.5, 0.6) is 0 Å². The van der Waals surface area contributed by atoms with Gasteiger partial charge in [-0.25, -0.2) is 4.79 Å². The Balaban J connectivity index is 1.99. The summed E-state index contributed by atoms with van der Waals surface area (Å²) in [5.41, 5.74) is 1.31. The molecule has 1 heterocycles. The van der Waals surface area contributed by atoms with E-state index in [0.29, 0.717) is 5.69 Å². The molecule has 0 unspecified atom stereocenters. The number of hydrogen-bond acceptors (Lipinski definition) is 2. The number of hydrogen-bond donors (Lipinski definition) is 4. The minimum atomic E-state index is -1.11. The van der Waals surface area contributed by atoms with E-state index in [0.717, 1.165) is 15.4 Å². The van der Waals surface area contributed by atoms with Crippen molar-refractivity contribution < 1.29 is 14.7 Å². The maximum absolute atomic E-state index is 11.8. The zero-order chi connectivity index (χ0) is 13.8. The second-order valence-corrected chi connectivity index (χ2v) is 4.82. The lowest BCUT2D eigenvalue weighted by molar-refractivity contribution is 0.0949. The Morgan fingerprint density at radius 1 is 1.21 bits per heavy atom. The summed E-state index contributed by atoms with van der Waals surface area (Å²) in [5.74, 6) is -0.264. The van der Waals surface area contributed by atoms with Gasteiger partial charge in [0.2, 0.25) is 0 Å². The lowest BCUT2D eigenvalue weighted by atomic mass is 10.2. The molecule has 0 fully saturated rings. The van der Waals surface area contributed by atoms with E-state index in [-0.39, 0.29) is 19.0 Å². The highest BCUT2D eigenvalue weighted by atomic mass is 79.9. The van der Waals surface area contributed by atoms with Gasteiger partial charge < -0.3 is 20.7 Å². The van der Waals surface area contributed by atoms with Gasteiger partial charge in [0.25, 0.3) is 5.91 Å². The molecule has 0 bridgehead atoms. The van der Waals surface area contributed by atoms with Gasteiger partial charge in [0.05, 0.1) is 0 Å². The lowest BCUT2D eigenvalue weighted by Crippen LogP contribution is -2.34. The van der Waals surface area contributed by atoms with Crippen LogP contribution in [0.25, 0.3) is 10.9 Å². The van der Waals surface area contributed by atoms with Crippen LogP contribution < -0.4 is 10.6 Å². The molecule has 0 spiro atoms.